The second-order valence-electron chi connectivity index (χ2n) is 2.23. The molecule has 0 aliphatic heterocycles. The molecule has 7 heteroatoms. The van der Waals surface area contributed by atoms with Crippen LogP contribution in [0.15, 0.2) is 12.1 Å². The number of alkyl halides is 3. The zero-order valence-corrected chi connectivity index (χ0v) is 6.84. The van der Waals surface area contributed by atoms with E-state index in [2.05, 4.69) is 10.2 Å². The Kier molecular flexibility index (Phi) is 2.72. The highest BCUT2D eigenvalue weighted by molar-refractivity contribution is 6.29. The van der Waals surface area contributed by atoms with Crippen molar-refractivity contribution in [3.63, 3.8) is 0 Å². The molecule has 1 N–H and O–H groups in total. The highest BCUT2D eigenvalue weighted by atomic mass is 35.5. The number of aromatic nitrogens is 2. The second-order valence-corrected chi connectivity index (χ2v) is 2.61. The Morgan fingerprint density at radius 2 is 1.92 bits per heavy atom. The van der Waals surface area contributed by atoms with Crippen molar-refractivity contribution in [2.75, 3.05) is 0 Å². The summed E-state index contributed by atoms with van der Waals surface area (Å²) in [6.45, 7) is 0. The van der Waals surface area contributed by atoms with Crippen LogP contribution < -0.4 is 0 Å². The lowest BCUT2D eigenvalue weighted by Crippen LogP contribution is -2.21. The van der Waals surface area contributed by atoms with Gasteiger partial charge in [0.25, 0.3) is 0 Å². The maximum Gasteiger partial charge on any atom is 0.420 e. The van der Waals surface area contributed by atoms with E-state index in [4.69, 9.17) is 16.7 Å². The molecule has 0 saturated heterocycles. The number of aliphatic hydroxyl groups excluding tert-OH is 1. The van der Waals surface area contributed by atoms with Gasteiger partial charge in [-0.05, 0) is 12.1 Å². The minimum atomic E-state index is -4.73. The van der Waals surface area contributed by atoms with Gasteiger partial charge in [0, 0.05) is 0 Å². The first kappa shape index (κ1) is 10.2. The minimum absolute atomic E-state index is 0.0295. The van der Waals surface area contributed by atoms with Crippen LogP contribution in [0.3, 0.4) is 0 Å². The van der Waals surface area contributed by atoms with Crippen LogP contribution in [0, 0.1) is 0 Å². The molecule has 1 atom stereocenters. The molecule has 1 rings (SSSR count). The van der Waals surface area contributed by atoms with Gasteiger partial charge in [0.2, 0.25) is 0 Å². The van der Waals surface area contributed by atoms with Crippen molar-refractivity contribution < 1.29 is 18.3 Å². The maximum atomic E-state index is 11.9. The molecule has 1 aromatic rings. The maximum absolute atomic E-state index is 11.9. The van der Waals surface area contributed by atoms with Crippen LogP contribution in [-0.2, 0) is 0 Å². The fourth-order valence-corrected chi connectivity index (χ4v) is 0.741. The molecule has 1 aromatic heterocycles. The van der Waals surface area contributed by atoms with Crippen LogP contribution in [0.5, 0.6) is 0 Å². The van der Waals surface area contributed by atoms with Crippen molar-refractivity contribution in [1.82, 2.24) is 10.2 Å². The van der Waals surface area contributed by atoms with E-state index in [-0.39, 0.29) is 5.15 Å². The van der Waals surface area contributed by atoms with Crippen molar-refractivity contribution in [3.8, 4) is 0 Å². The van der Waals surface area contributed by atoms with E-state index in [1.54, 1.807) is 0 Å². The summed E-state index contributed by atoms with van der Waals surface area (Å²) in [6.07, 6.45) is -7.35. The summed E-state index contributed by atoms with van der Waals surface area (Å²) in [5, 5.41) is 14.9. The molecule has 0 aromatic carbocycles. The number of halogens is 4. The van der Waals surface area contributed by atoms with Gasteiger partial charge in [0.05, 0.1) is 0 Å². The van der Waals surface area contributed by atoms with Gasteiger partial charge < -0.3 is 5.11 Å². The Morgan fingerprint density at radius 1 is 1.31 bits per heavy atom. The first-order valence-electron chi connectivity index (χ1n) is 3.15. The van der Waals surface area contributed by atoms with E-state index < -0.39 is 18.0 Å². The standard InChI is InChI=1S/C6H4ClF3N2O/c7-4-2-1-3(11-12-4)5(13)6(8,9)10/h1-2,5,13H/t5-/m1/s1. The first-order chi connectivity index (χ1) is 5.91. The number of aliphatic hydroxyl groups is 1. The Labute approximate surface area is 76.2 Å². The largest absolute Gasteiger partial charge is 0.420 e. The molecule has 0 aliphatic rings. The summed E-state index contributed by atoms with van der Waals surface area (Å²) in [4.78, 5) is 0. The highest BCUT2D eigenvalue weighted by Gasteiger charge is 2.40. The zero-order chi connectivity index (χ0) is 10.1. The van der Waals surface area contributed by atoms with Crippen molar-refractivity contribution >= 4 is 11.6 Å². The smallest absolute Gasteiger partial charge is 0.378 e. The van der Waals surface area contributed by atoms with E-state index in [0.717, 1.165) is 12.1 Å². The van der Waals surface area contributed by atoms with Crippen LogP contribution in [0.4, 0.5) is 13.2 Å². The topological polar surface area (TPSA) is 46.0 Å². The molecule has 3 nitrogen and oxygen atoms in total. The predicted molar refractivity (Wildman–Crippen MR) is 38.1 cm³/mol. The van der Waals surface area contributed by atoms with Gasteiger partial charge in [-0.25, -0.2) is 0 Å². The number of nitrogens with zero attached hydrogens (tertiary/aromatic N) is 2. The van der Waals surface area contributed by atoms with Crippen molar-refractivity contribution in [1.29, 1.82) is 0 Å². The van der Waals surface area contributed by atoms with Gasteiger partial charge in [-0.1, -0.05) is 11.6 Å². The second kappa shape index (κ2) is 3.47. The molecule has 13 heavy (non-hydrogen) atoms. The third-order valence-electron chi connectivity index (χ3n) is 1.24. The Morgan fingerprint density at radius 3 is 2.31 bits per heavy atom. The summed E-state index contributed by atoms with van der Waals surface area (Å²) in [6, 6.07) is 2.09. The zero-order valence-electron chi connectivity index (χ0n) is 6.09. The number of hydrogen-bond acceptors (Lipinski definition) is 3. The molecule has 1 heterocycles. The van der Waals surface area contributed by atoms with Gasteiger partial charge in [-0.2, -0.15) is 18.3 Å². The van der Waals surface area contributed by atoms with Gasteiger partial charge in [-0.15, -0.1) is 5.10 Å². The Balaban J connectivity index is 2.90. The van der Waals surface area contributed by atoms with Crippen LogP contribution in [0.2, 0.25) is 5.15 Å². The number of hydrogen-bond donors (Lipinski definition) is 1. The monoisotopic (exact) mass is 212 g/mol. The third-order valence-corrected chi connectivity index (χ3v) is 1.44. The van der Waals surface area contributed by atoms with E-state index in [9.17, 15) is 13.2 Å². The van der Waals surface area contributed by atoms with Crippen molar-refractivity contribution in [2.24, 2.45) is 0 Å². The normalized spacial score (nSPS) is 14.2. The summed E-state index contributed by atoms with van der Waals surface area (Å²) in [5.74, 6) is 0. The average Bonchev–Trinajstić information content (AvgIpc) is 2.03. The van der Waals surface area contributed by atoms with Gasteiger partial charge >= 0.3 is 6.18 Å². The van der Waals surface area contributed by atoms with Gasteiger partial charge in [0.1, 0.15) is 5.69 Å². The fraction of sp³-hybridized carbons (Fsp3) is 0.333. The quantitative estimate of drug-likeness (QED) is 0.771. The predicted octanol–water partition coefficient (Wildman–Crippen LogP) is 1.73. The van der Waals surface area contributed by atoms with E-state index in [0.29, 0.717) is 0 Å². The Bertz CT molecular complexity index is 287. The van der Waals surface area contributed by atoms with Crippen LogP contribution >= 0.6 is 11.6 Å². The van der Waals surface area contributed by atoms with Crippen LogP contribution in [0.25, 0.3) is 0 Å². The van der Waals surface area contributed by atoms with Crippen molar-refractivity contribution in [2.45, 2.75) is 12.3 Å². The fourth-order valence-electron chi connectivity index (χ4n) is 0.640. The lowest BCUT2D eigenvalue weighted by atomic mass is 10.2. The molecular formula is C6H4ClF3N2O. The van der Waals surface area contributed by atoms with E-state index in [1.165, 1.54) is 0 Å². The molecule has 0 unspecified atom stereocenters. The van der Waals surface area contributed by atoms with E-state index in [1.807, 2.05) is 0 Å². The van der Waals surface area contributed by atoms with Gasteiger partial charge in [0.15, 0.2) is 11.3 Å². The molecule has 0 radical (unpaired) electrons. The lowest BCUT2D eigenvalue weighted by Gasteiger charge is -2.12. The van der Waals surface area contributed by atoms with Crippen molar-refractivity contribution in [3.05, 3.63) is 23.0 Å². The molecule has 0 amide bonds. The SMILES string of the molecule is O[C@H](c1ccc(Cl)nn1)C(F)(F)F. The molecule has 0 spiro atoms. The van der Waals surface area contributed by atoms with Crippen LogP contribution in [-0.4, -0.2) is 21.5 Å². The summed E-state index contributed by atoms with van der Waals surface area (Å²) < 4.78 is 35.7. The molecule has 0 saturated carbocycles. The summed E-state index contributed by atoms with van der Waals surface area (Å²) in [5.41, 5.74) is -0.572. The first-order valence-corrected chi connectivity index (χ1v) is 3.53. The number of rotatable bonds is 1. The Hall–Kier alpha value is -0.880. The molecule has 72 valence electrons. The molecule has 0 fully saturated rings. The van der Waals surface area contributed by atoms with E-state index >= 15 is 0 Å². The third kappa shape index (κ3) is 2.53. The van der Waals surface area contributed by atoms with Crippen LogP contribution in [0.1, 0.15) is 11.8 Å². The molecular weight excluding hydrogens is 209 g/mol. The molecule has 0 aliphatic carbocycles. The lowest BCUT2D eigenvalue weighted by molar-refractivity contribution is -0.208. The highest BCUT2D eigenvalue weighted by Crippen LogP contribution is 2.30. The van der Waals surface area contributed by atoms with Gasteiger partial charge in [-0.3, -0.25) is 0 Å². The average molecular weight is 213 g/mol. The summed E-state index contributed by atoms with van der Waals surface area (Å²) in [7, 11) is 0. The molecule has 0 bridgehead atoms. The minimum Gasteiger partial charge on any atom is -0.378 e. The summed E-state index contributed by atoms with van der Waals surface area (Å²) >= 11 is 5.29.